The number of nitrogen functional groups attached to an aromatic ring is 1. The maximum Gasteiger partial charge on any atom is 0.143 e. The first kappa shape index (κ1) is 14.0. The minimum atomic E-state index is 0.531. The van der Waals surface area contributed by atoms with Gasteiger partial charge in [0, 0.05) is 6.04 Å². The molecule has 1 aliphatic rings. The Bertz CT molecular complexity index is 417. The van der Waals surface area contributed by atoms with Crippen LogP contribution in [0.5, 0.6) is 5.75 Å². The lowest BCUT2D eigenvalue weighted by Gasteiger charge is -2.36. The van der Waals surface area contributed by atoms with E-state index in [2.05, 4.69) is 19.2 Å². The minimum Gasteiger partial charge on any atom is -0.495 e. The van der Waals surface area contributed by atoms with Crippen molar-refractivity contribution < 1.29 is 4.74 Å². The number of nitrogens with two attached hydrogens (primary N) is 1. The van der Waals surface area contributed by atoms with Crippen molar-refractivity contribution in [3.05, 3.63) is 18.2 Å². The molecule has 0 spiro atoms. The van der Waals surface area contributed by atoms with Crippen molar-refractivity contribution in [1.29, 1.82) is 0 Å². The molecular weight excluding hydrogens is 236 g/mol. The van der Waals surface area contributed by atoms with Gasteiger partial charge >= 0.3 is 0 Å². The molecule has 2 atom stereocenters. The van der Waals surface area contributed by atoms with Crippen molar-refractivity contribution >= 4 is 11.4 Å². The van der Waals surface area contributed by atoms with Crippen LogP contribution in [-0.2, 0) is 0 Å². The smallest absolute Gasteiger partial charge is 0.143 e. The molecule has 1 aromatic carbocycles. The van der Waals surface area contributed by atoms with Crippen molar-refractivity contribution in [1.82, 2.24) is 0 Å². The van der Waals surface area contributed by atoms with Gasteiger partial charge in [-0.2, -0.15) is 0 Å². The van der Waals surface area contributed by atoms with Gasteiger partial charge in [-0.25, -0.2) is 0 Å². The fourth-order valence-corrected chi connectivity index (χ4v) is 3.18. The number of para-hydroxylation sites is 1. The highest BCUT2D eigenvalue weighted by Crippen LogP contribution is 2.35. The number of hydrogen-bond donors (Lipinski definition) is 2. The van der Waals surface area contributed by atoms with Crippen LogP contribution < -0.4 is 15.8 Å². The van der Waals surface area contributed by atoms with Gasteiger partial charge < -0.3 is 15.8 Å². The van der Waals surface area contributed by atoms with Crippen LogP contribution in [0.3, 0.4) is 0 Å². The third kappa shape index (κ3) is 3.14. The molecule has 1 fully saturated rings. The molecule has 3 nitrogen and oxygen atoms in total. The van der Waals surface area contributed by atoms with Crippen molar-refractivity contribution in [3.8, 4) is 5.75 Å². The summed E-state index contributed by atoms with van der Waals surface area (Å²) in [7, 11) is 1.66. The van der Waals surface area contributed by atoms with Gasteiger partial charge in [-0.3, -0.25) is 0 Å². The van der Waals surface area contributed by atoms with E-state index >= 15 is 0 Å². The lowest BCUT2D eigenvalue weighted by Crippen LogP contribution is -2.35. The molecule has 3 heteroatoms. The normalized spacial score (nSPS) is 23.4. The van der Waals surface area contributed by atoms with Crippen LogP contribution in [-0.4, -0.2) is 13.2 Å². The van der Waals surface area contributed by atoms with Gasteiger partial charge in [0.1, 0.15) is 5.75 Å². The molecule has 2 unspecified atom stereocenters. The number of methoxy groups -OCH3 is 1. The summed E-state index contributed by atoms with van der Waals surface area (Å²) in [5.74, 6) is 2.20. The maximum atomic E-state index is 6.15. The average Bonchev–Trinajstić information content (AvgIpc) is 2.41. The first-order chi connectivity index (χ1) is 9.13. The number of nitrogens with one attached hydrogen (secondary N) is 1. The zero-order chi connectivity index (χ0) is 13.8. The average molecular weight is 262 g/mol. The first-order valence-corrected chi connectivity index (χ1v) is 7.32. The van der Waals surface area contributed by atoms with E-state index in [1.165, 1.54) is 25.7 Å². The second-order valence-corrected chi connectivity index (χ2v) is 5.86. The minimum absolute atomic E-state index is 0.531. The fourth-order valence-electron chi connectivity index (χ4n) is 3.18. The van der Waals surface area contributed by atoms with Crippen LogP contribution in [0.2, 0.25) is 0 Å². The molecular formula is C16H26N2O. The molecule has 19 heavy (non-hydrogen) atoms. The lowest BCUT2D eigenvalue weighted by molar-refractivity contribution is 0.254. The lowest BCUT2D eigenvalue weighted by atomic mass is 9.77. The summed E-state index contributed by atoms with van der Waals surface area (Å²) in [5.41, 5.74) is 7.88. The van der Waals surface area contributed by atoms with Gasteiger partial charge in [-0.1, -0.05) is 32.8 Å². The topological polar surface area (TPSA) is 47.3 Å². The van der Waals surface area contributed by atoms with Crippen LogP contribution in [0, 0.1) is 11.8 Å². The Morgan fingerprint density at radius 1 is 1.26 bits per heavy atom. The van der Waals surface area contributed by atoms with Crippen LogP contribution in [0.4, 0.5) is 11.4 Å². The number of benzene rings is 1. The third-order valence-corrected chi connectivity index (χ3v) is 4.30. The van der Waals surface area contributed by atoms with Crippen LogP contribution in [0.1, 0.15) is 39.5 Å². The molecule has 0 amide bonds. The van der Waals surface area contributed by atoms with E-state index in [9.17, 15) is 0 Å². The maximum absolute atomic E-state index is 6.15. The van der Waals surface area contributed by atoms with E-state index in [1.54, 1.807) is 7.11 Å². The van der Waals surface area contributed by atoms with Crippen molar-refractivity contribution in [2.75, 3.05) is 18.2 Å². The van der Waals surface area contributed by atoms with Gasteiger partial charge in [-0.05, 0) is 36.8 Å². The summed E-state index contributed by atoms with van der Waals surface area (Å²) >= 11 is 0. The van der Waals surface area contributed by atoms with Crippen LogP contribution in [0.15, 0.2) is 18.2 Å². The quantitative estimate of drug-likeness (QED) is 0.809. The standard InChI is InChI=1S/C16H26N2O/c1-11(2)12-7-4-5-8-13(12)18-14-9-6-10-15(19-3)16(14)17/h6,9-13,18H,4-5,7-8,17H2,1-3H3. The summed E-state index contributed by atoms with van der Waals surface area (Å²) in [5, 5.41) is 3.65. The fraction of sp³-hybridized carbons (Fsp3) is 0.625. The number of ether oxygens (including phenoxy) is 1. The predicted octanol–water partition coefficient (Wildman–Crippen LogP) is 3.90. The Morgan fingerprint density at radius 2 is 2.00 bits per heavy atom. The number of rotatable bonds is 4. The monoisotopic (exact) mass is 262 g/mol. The van der Waals surface area contributed by atoms with Gasteiger partial charge in [0.25, 0.3) is 0 Å². The van der Waals surface area contributed by atoms with E-state index in [0.717, 1.165) is 23.0 Å². The summed E-state index contributed by atoms with van der Waals surface area (Å²) < 4.78 is 5.28. The highest BCUT2D eigenvalue weighted by atomic mass is 16.5. The zero-order valence-corrected chi connectivity index (χ0v) is 12.3. The third-order valence-electron chi connectivity index (χ3n) is 4.30. The summed E-state index contributed by atoms with van der Waals surface area (Å²) in [4.78, 5) is 0. The van der Waals surface area contributed by atoms with Gasteiger partial charge in [0.05, 0.1) is 18.5 Å². The second-order valence-electron chi connectivity index (χ2n) is 5.86. The Kier molecular flexibility index (Phi) is 4.56. The SMILES string of the molecule is COc1cccc(NC2CCCCC2C(C)C)c1N. The predicted molar refractivity (Wildman–Crippen MR) is 81.6 cm³/mol. The van der Waals surface area contributed by atoms with Crippen molar-refractivity contribution in [2.45, 2.75) is 45.6 Å². The molecule has 0 aromatic heterocycles. The van der Waals surface area contributed by atoms with E-state index < -0.39 is 0 Å². The van der Waals surface area contributed by atoms with E-state index in [4.69, 9.17) is 10.5 Å². The molecule has 0 heterocycles. The van der Waals surface area contributed by atoms with Crippen LogP contribution >= 0.6 is 0 Å². The highest BCUT2D eigenvalue weighted by molar-refractivity contribution is 5.73. The van der Waals surface area contributed by atoms with E-state index in [1.807, 2.05) is 18.2 Å². The molecule has 0 aliphatic heterocycles. The van der Waals surface area contributed by atoms with E-state index in [-0.39, 0.29) is 0 Å². The van der Waals surface area contributed by atoms with Crippen molar-refractivity contribution in [3.63, 3.8) is 0 Å². The Labute approximate surface area is 116 Å². The van der Waals surface area contributed by atoms with E-state index in [0.29, 0.717) is 12.0 Å². The number of hydrogen-bond acceptors (Lipinski definition) is 3. The molecule has 1 aromatic rings. The second kappa shape index (κ2) is 6.18. The molecule has 3 N–H and O–H groups in total. The Morgan fingerprint density at radius 3 is 2.68 bits per heavy atom. The zero-order valence-electron chi connectivity index (χ0n) is 12.3. The largest absolute Gasteiger partial charge is 0.495 e. The Balaban J connectivity index is 2.15. The molecule has 0 radical (unpaired) electrons. The van der Waals surface area contributed by atoms with Crippen molar-refractivity contribution in [2.24, 2.45) is 11.8 Å². The highest BCUT2D eigenvalue weighted by Gasteiger charge is 2.27. The molecule has 0 saturated heterocycles. The number of anilines is 2. The van der Waals surface area contributed by atoms with Gasteiger partial charge in [-0.15, -0.1) is 0 Å². The summed E-state index contributed by atoms with van der Waals surface area (Å²) in [6.07, 6.45) is 5.22. The molecule has 2 rings (SSSR count). The molecule has 1 saturated carbocycles. The summed E-state index contributed by atoms with van der Waals surface area (Å²) in [6.45, 7) is 4.64. The molecule has 0 bridgehead atoms. The van der Waals surface area contributed by atoms with Gasteiger partial charge in [0.15, 0.2) is 0 Å². The van der Waals surface area contributed by atoms with Crippen LogP contribution in [0.25, 0.3) is 0 Å². The molecule has 106 valence electrons. The Hall–Kier alpha value is -1.38. The molecule has 1 aliphatic carbocycles. The first-order valence-electron chi connectivity index (χ1n) is 7.32. The summed E-state index contributed by atoms with van der Waals surface area (Å²) in [6, 6.07) is 6.47. The van der Waals surface area contributed by atoms with Gasteiger partial charge in [0.2, 0.25) is 0 Å².